The third-order valence-corrected chi connectivity index (χ3v) is 2.50. The highest BCUT2D eigenvalue weighted by molar-refractivity contribution is 5.83. The van der Waals surface area contributed by atoms with E-state index in [1.165, 1.54) is 4.90 Å². The van der Waals surface area contributed by atoms with Crippen LogP contribution in [0.25, 0.3) is 0 Å². The van der Waals surface area contributed by atoms with E-state index in [4.69, 9.17) is 10.8 Å². The zero-order valence-corrected chi connectivity index (χ0v) is 11.0. The van der Waals surface area contributed by atoms with Gasteiger partial charge in [0.2, 0.25) is 5.91 Å². The van der Waals surface area contributed by atoms with E-state index in [1.54, 1.807) is 6.92 Å². The van der Waals surface area contributed by atoms with Crippen LogP contribution in [0, 0.1) is 0 Å². The summed E-state index contributed by atoms with van der Waals surface area (Å²) in [5, 5.41) is 11.3. The van der Waals surface area contributed by atoms with Crippen LogP contribution in [0.2, 0.25) is 0 Å². The molecule has 0 unspecified atom stereocenters. The van der Waals surface area contributed by atoms with Gasteiger partial charge in [0.1, 0.15) is 6.04 Å². The molecule has 0 aliphatic rings. The third kappa shape index (κ3) is 5.51. The Morgan fingerprint density at radius 1 is 1.33 bits per heavy atom. The summed E-state index contributed by atoms with van der Waals surface area (Å²) in [6, 6.07) is -1.58. The second-order valence-corrected chi connectivity index (χ2v) is 4.23. The number of hydrogen-bond acceptors (Lipinski definition) is 3. The zero-order chi connectivity index (χ0) is 14.3. The highest BCUT2D eigenvalue weighted by Crippen LogP contribution is 2.02. The van der Waals surface area contributed by atoms with E-state index < -0.39 is 23.9 Å². The molecule has 4 N–H and O–H groups in total. The van der Waals surface area contributed by atoms with Gasteiger partial charge in [-0.15, -0.1) is 0 Å². The van der Waals surface area contributed by atoms with Crippen molar-refractivity contribution in [3.05, 3.63) is 0 Å². The summed E-state index contributed by atoms with van der Waals surface area (Å²) < 4.78 is 0. The van der Waals surface area contributed by atoms with E-state index in [-0.39, 0.29) is 18.9 Å². The van der Waals surface area contributed by atoms with Crippen LogP contribution in [0.15, 0.2) is 0 Å². The van der Waals surface area contributed by atoms with Gasteiger partial charge < -0.3 is 21.1 Å². The van der Waals surface area contributed by atoms with Gasteiger partial charge in [-0.05, 0) is 27.2 Å². The van der Waals surface area contributed by atoms with Crippen molar-refractivity contribution in [2.24, 2.45) is 5.73 Å². The number of rotatable bonds is 7. The average Bonchev–Trinajstić information content (AvgIpc) is 2.23. The quantitative estimate of drug-likeness (QED) is 0.603. The molecule has 0 aromatic rings. The SMILES string of the molecule is CCN(C(=O)N[C@@H](CCC(N)=O)C(=O)O)C(C)C. The average molecular weight is 259 g/mol. The minimum Gasteiger partial charge on any atom is -0.480 e. The fourth-order valence-electron chi connectivity index (χ4n) is 1.52. The summed E-state index contributed by atoms with van der Waals surface area (Å²) in [6.07, 6.45) is -0.0862. The van der Waals surface area contributed by atoms with Gasteiger partial charge in [-0.3, -0.25) is 4.79 Å². The van der Waals surface area contributed by atoms with Crippen LogP contribution in [0.1, 0.15) is 33.6 Å². The number of carboxylic acids is 1. The summed E-state index contributed by atoms with van der Waals surface area (Å²) in [4.78, 5) is 34.9. The molecule has 0 saturated heterocycles. The molecule has 7 heteroatoms. The molecule has 18 heavy (non-hydrogen) atoms. The monoisotopic (exact) mass is 259 g/mol. The van der Waals surface area contributed by atoms with Crippen molar-refractivity contribution in [2.75, 3.05) is 6.54 Å². The molecule has 3 amide bonds. The molecule has 0 spiro atoms. The lowest BCUT2D eigenvalue weighted by atomic mass is 10.1. The Labute approximate surface area is 106 Å². The van der Waals surface area contributed by atoms with Crippen molar-refractivity contribution >= 4 is 17.9 Å². The van der Waals surface area contributed by atoms with Gasteiger partial charge in [0, 0.05) is 19.0 Å². The van der Waals surface area contributed by atoms with Crippen LogP contribution in [0.5, 0.6) is 0 Å². The maximum Gasteiger partial charge on any atom is 0.326 e. The maximum atomic E-state index is 11.8. The number of amides is 3. The summed E-state index contributed by atoms with van der Waals surface area (Å²) in [5.41, 5.74) is 4.95. The number of carbonyl (C=O) groups excluding carboxylic acids is 2. The molecule has 0 aromatic carbocycles. The fraction of sp³-hybridized carbons (Fsp3) is 0.727. The molecule has 1 atom stereocenters. The smallest absolute Gasteiger partial charge is 0.326 e. The van der Waals surface area contributed by atoms with Gasteiger partial charge in [0.15, 0.2) is 0 Å². The second-order valence-electron chi connectivity index (χ2n) is 4.23. The van der Waals surface area contributed by atoms with E-state index in [0.717, 1.165) is 0 Å². The van der Waals surface area contributed by atoms with E-state index >= 15 is 0 Å². The van der Waals surface area contributed by atoms with E-state index in [0.29, 0.717) is 6.54 Å². The van der Waals surface area contributed by atoms with Crippen molar-refractivity contribution in [2.45, 2.75) is 45.7 Å². The first-order valence-electron chi connectivity index (χ1n) is 5.87. The Morgan fingerprint density at radius 2 is 1.89 bits per heavy atom. The van der Waals surface area contributed by atoms with Crippen LogP contribution >= 0.6 is 0 Å². The van der Waals surface area contributed by atoms with Crippen molar-refractivity contribution in [1.29, 1.82) is 0 Å². The van der Waals surface area contributed by atoms with Crippen molar-refractivity contribution in [3.63, 3.8) is 0 Å². The lowest BCUT2D eigenvalue weighted by Gasteiger charge is -2.27. The van der Waals surface area contributed by atoms with Crippen LogP contribution in [-0.2, 0) is 9.59 Å². The number of nitrogens with two attached hydrogens (primary N) is 1. The van der Waals surface area contributed by atoms with Gasteiger partial charge >= 0.3 is 12.0 Å². The minimum absolute atomic E-state index is 0.00788. The topological polar surface area (TPSA) is 113 Å². The Kier molecular flexibility index (Phi) is 6.77. The molecule has 0 aliphatic heterocycles. The van der Waals surface area contributed by atoms with Gasteiger partial charge in [-0.1, -0.05) is 0 Å². The molecule has 0 saturated carbocycles. The predicted octanol–water partition coefficient (Wildman–Crippen LogP) is 0.145. The number of urea groups is 1. The largest absolute Gasteiger partial charge is 0.480 e. The molecular formula is C11H21N3O4. The van der Waals surface area contributed by atoms with Crippen LogP contribution in [0.3, 0.4) is 0 Å². The van der Waals surface area contributed by atoms with Crippen molar-refractivity contribution < 1.29 is 19.5 Å². The number of carboxylic acid groups (broad SMARTS) is 1. The molecular weight excluding hydrogens is 238 g/mol. The summed E-state index contributed by atoms with van der Waals surface area (Å²) in [7, 11) is 0. The first-order valence-corrected chi connectivity index (χ1v) is 5.87. The number of aliphatic carboxylic acids is 1. The van der Waals surface area contributed by atoms with E-state index in [2.05, 4.69) is 5.32 Å². The lowest BCUT2D eigenvalue weighted by molar-refractivity contribution is -0.139. The highest BCUT2D eigenvalue weighted by Gasteiger charge is 2.23. The Bertz CT molecular complexity index is 317. The van der Waals surface area contributed by atoms with Gasteiger partial charge in [-0.2, -0.15) is 0 Å². The molecule has 7 nitrogen and oxygen atoms in total. The minimum atomic E-state index is -1.18. The molecule has 0 radical (unpaired) electrons. The highest BCUT2D eigenvalue weighted by atomic mass is 16.4. The zero-order valence-electron chi connectivity index (χ0n) is 11.0. The van der Waals surface area contributed by atoms with E-state index in [1.807, 2.05) is 13.8 Å². The molecule has 0 aliphatic carbocycles. The van der Waals surface area contributed by atoms with Crippen molar-refractivity contribution in [3.8, 4) is 0 Å². The van der Waals surface area contributed by atoms with Crippen molar-refractivity contribution in [1.82, 2.24) is 10.2 Å². The molecule has 104 valence electrons. The maximum absolute atomic E-state index is 11.8. The first-order chi connectivity index (χ1) is 8.29. The Balaban J connectivity index is 4.53. The standard InChI is InChI=1S/C11H21N3O4/c1-4-14(7(2)3)11(18)13-8(10(16)17)5-6-9(12)15/h7-8H,4-6H2,1-3H3,(H2,12,15)(H,13,18)(H,16,17)/t8-/m0/s1. The fourth-order valence-corrected chi connectivity index (χ4v) is 1.52. The van der Waals surface area contributed by atoms with Crippen LogP contribution in [-0.4, -0.2) is 46.5 Å². The number of carbonyl (C=O) groups is 3. The van der Waals surface area contributed by atoms with Gasteiger partial charge in [-0.25, -0.2) is 9.59 Å². The second kappa shape index (κ2) is 7.52. The number of nitrogens with one attached hydrogen (secondary N) is 1. The third-order valence-electron chi connectivity index (χ3n) is 2.50. The molecule has 0 heterocycles. The molecule has 0 aromatic heterocycles. The summed E-state index contributed by atoms with van der Waals surface area (Å²) >= 11 is 0. The number of primary amides is 1. The molecule has 0 bridgehead atoms. The Morgan fingerprint density at radius 3 is 2.22 bits per heavy atom. The predicted molar refractivity (Wildman–Crippen MR) is 65.9 cm³/mol. The van der Waals surface area contributed by atoms with Gasteiger partial charge in [0.25, 0.3) is 0 Å². The van der Waals surface area contributed by atoms with Crippen LogP contribution in [0.4, 0.5) is 4.79 Å². The Hall–Kier alpha value is -1.79. The normalized spacial score (nSPS) is 12.0. The molecule has 0 rings (SSSR count). The summed E-state index contributed by atoms with van der Waals surface area (Å²) in [6.45, 7) is 5.95. The number of hydrogen-bond donors (Lipinski definition) is 3. The summed E-state index contributed by atoms with van der Waals surface area (Å²) in [5.74, 6) is -1.77. The molecule has 0 fully saturated rings. The van der Waals surface area contributed by atoms with Gasteiger partial charge in [0.05, 0.1) is 0 Å². The van der Waals surface area contributed by atoms with Crippen LogP contribution < -0.4 is 11.1 Å². The van der Waals surface area contributed by atoms with E-state index in [9.17, 15) is 14.4 Å². The lowest BCUT2D eigenvalue weighted by Crippen LogP contribution is -2.50. The first kappa shape index (κ1) is 16.2. The number of nitrogens with zero attached hydrogens (tertiary/aromatic N) is 1.